The summed E-state index contributed by atoms with van der Waals surface area (Å²) in [6, 6.07) is 8.72. The average molecular weight is 224 g/mol. The monoisotopic (exact) mass is 224 g/mol. The van der Waals surface area contributed by atoms with Crippen LogP contribution in [0.25, 0.3) is 16.6 Å². The molecule has 4 nitrogen and oxygen atoms in total. The van der Waals surface area contributed by atoms with Gasteiger partial charge in [0.05, 0.1) is 17.0 Å². The smallest absolute Gasteiger partial charge is 0.663 e. The van der Waals surface area contributed by atoms with Crippen LogP contribution < -0.4 is 35.1 Å². The molecule has 0 radical (unpaired) electrons. The van der Waals surface area contributed by atoms with E-state index in [1.807, 2.05) is 12.1 Å². The van der Waals surface area contributed by atoms with Gasteiger partial charge in [-0.3, -0.25) is 4.79 Å². The van der Waals surface area contributed by atoms with Gasteiger partial charge >= 0.3 is 29.6 Å². The maximum atomic E-state index is 11.6. The molecule has 1 aromatic heterocycles. The summed E-state index contributed by atoms with van der Waals surface area (Å²) in [5.74, 6) is -0.943. The molecule has 0 aliphatic carbocycles. The number of nitrogens with zero attached hydrogens (tertiary/aromatic N) is 1. The molecule has 0 unspecified atom stereocenters. The first-order chi connectivity index (χ1) is 7.11. The number of para-hydroxylation sites is 1. The van der Waals surface area contributed by atoms with Crippen LogP contribution in [0.5, 0.6) is 0 Å². The minimum Gasteiger partial charge on any atom is -0.663 e. The van der Waals surface area contributed by atoms with Crippen LogP contribution in [0.3, 0.4) is 0 Å². The van der Waals surface area contributed by atoms with E-state index in [4.69, 9.17) is 5.73 Å². The van der Waals surface area contributed by atoms with Crippen molar-refractivity contribution in [3.8, 4) is 0 Å². The number of hydrogen-bond donors (Lipinski definition) is 0. The Bertz CT molecular complexity index is 604. The summed E-state index contributed by atoms with van der Waals surface area (Å²) in [5.41, 5.74) is 7.23. The van der Waals surface area contributed by atoms with Crippen molar-refractivity contribution >= 4 is 16.8 Å². The minimum absolute atomic E-state index is 0. The molecule has 1 heterocycles. The number of aryl methyl sites for hydroxylation is 1. The second-order valence-corrected chi connectivity index (χ2v) is 3.31. The molecular weight excluding hydrogens is 215 g/mol. The molecule has 0 atom stereocenters. The molecule has 0 saturated carbocycles. The molecule has 5 heteroatoms. The zero-order valence-corrected chi connectivity index (χ0v) is 11.2. The fourth-order valence-corrected chi connectivity index (χ4v) is 1.59. The van der Waals surface area contributed by atoms with Crippen molar-refractivity contribution in [3.05, 3.63) is 52.0 Å². The third-order valence-electron chi connectivity index (χ3n) is 2.38. The Kier molecular flexibility index (Phi) is 3.91. The van der Waals surface area contributed by atoms with Crippen LogP contribution in [0, 0.1) is 0 Å². The molecule has 0 bridgehead atoms. The molecule has 16 heavy (non-hydrogen) atoms. The van der Waals surface area contributed by atoms with Gasteiger partial charge in [-0.1, -0.05) is 18.2 Å². The van der Waals surface area contributed by atoms with Crippen LogP contribution in [0.15, 0.2) is 35.1 Å². The minimum atomic E-state index is -0.943. The van der Waals surface area contributed by atoms with E-state index >= 15 is 0 Å². The molecule has 0 spiro atoms. The normalized spacial score (nSPS) is 9.81. The van der Waals surface area contributed by atoms with Gasteiger partial charge < -0.3 is 15.1 Å². The van der Waals surface area contributed by atoms with Crippen molar-refractivity contribution in [2.45, 2.75) is 0 Å². The molecule has 2 rings (SSSR count). The molecule has 76 valence electrons. The first kappa shape index (κ1) is 13.0. The Morgan fingerprint density at radius 1 is 1.31 bits per heavy atom. The average Bonchev–Trinajstić information content (AvgIpc) is 2.23. The molecule has 0 fully saturated rings. The summed E-state index contributed by atoms with van der Waals surface area (Å²) in [7, 11) is 1.59. The predicted octanol–water partition coefficient (Wildman–Crippen LogP) is -1.27. The van der Waals surface area contributed by atoms with Gasteiger partial charge in [-0.05, 0) is 17.5 Å². The van der Waals surface area contributed by atoms with Gasteiger partial charge in [0.2, 0.25) is 0 Å². The van der Waals surface area contributed by atoms with Gasteiger partial charge in [-0.2, -0.15) is 0 Å². The van der Waals surface area contributed by atoms with Crippen LogP contribution in [0.2, 0.25) is 0 Å². The second kappa shape index (κ2) is 4.82. The van der Waals surface area contributed by atoms with Crippen molar-refractivity contribution in [1.82, 2.24) is 4.57 Å². The van der Waals surface area contributed by atoms with E-state index in [2.05, 4.69) is 0 Å². The first-order valence-electron chi connectivity index (χ1n) is 4.46. The fourth-order valence-electron chi connectivity index (χ4n) is 1.59. The number of pyridine rings is 1. The molecule has 1 N–H and O–H groups in total. The number of nitrogens with one attached hydrogen (secondary N) is 1. The van der Waals surface area contributed by atoms with Crippen LogP contribution in [-0.4, -0.2) is 10.5 Å². The Morgan fingerprint density at radius 2 is 1.94 bits per heavy atom. The zero-order valence-electron chi connectivity index (χ0n) is 9.15. The molecule has 0 aliphatic rings. The Hall–Kier alpha value is -1.10. The third kappa shape index (κ3) is 2.04. The molecular formula is C11H9N2NaO2. The molecule has 2 aromatic rings. The second-order valence-electron chi connectivity index (χ2n) is 3.31. The van der Waals surface area contributed by atoms with Crippen LogP contribution >= 0.6 is 0 Å². The number of carbonyl (C=O) groups excluding carboxylic acids is 1. The van der Waals surface area contributed by atoms with Crippen molar-refractivity contribution in [2.24, 2.45) is 7.05 Å². The third-order valence-corrected chi connectivity index (χ3v) is 2.38. The van der Waals surface area contributed by atoms with Crippen molar-refractivity contribution in [1.29, 1.82) is 0 Å². The topological polar surface area (TPSA) is 62.9 Å². The van der Waals surface area contributed by atoms with Crippen molar-refractivity contribution < 1.29 is 34.4 Å². The van der Waals surface area contributed by atoms with E-state index in [0.29, 0.717) is 0 Å². The van der Waals surface area contributed by atoms with E-state index in [1.54, 1.807) is 19.2 Å². The van der Waals surface area contributed by atoms with E-state index in [-0.39, 0.29) is 35.1 Å². The summed E-state index contributed by atoms with van der Waals surface area (Å²) in [6.07, 6.45) is 0. The molecule has 0 aliphatic heterocycles. The molecule has 0 saturated heterocycles. The molecule has 1 amide bonds. The molecule has 1 aromatic carbocycles. The standard InChI is InChI=1S/C11H10N2O2.Na/c1-13-9-5-3-2-4-7(9)6-8(10(12)14)11(13)15;/h2-6H,1H3,(H2,12,14);/q;+1/p-1. The first-order valence-corrected chi connectivity index (χ1v) is 4.46. The Morgan fingerprint density at radius 3 is 2.56 bits per heavy atom. The SMILES string of the molecule is Cn1c(=O)c(C([NH-])=O)cc2ccccc21.[Na+]. The summed E-state index contributed by atoms with van der Waals surface area (Å²) in [5, 5.41) is 0.787. The van der Waals surface area contributed by atoms with E-state index in [0.717, 1.165) is 10.9 Å². The Labute approximate surface area is 114 Å². The summed E-state index contributed by atoms with van der Waals surface area (Å²) < 4.78 is 1.39. The summed E-state index contributed by atoms with van der Waals surface area (Å²) in [6.45, 7) is 0. The van der Waals surface area contributed by atoms with Crippen LogP contribution in [0.4, 0.5) is 0 Å². The number of rotatable bonds is 1. The number of amides is 1. The quantitative estimate of drug-likeness (QED) is 0.567. The summed E-state index contributed by atoms with van der Waals surface area (Å²) >= 11 is 0. The van der Waals surface area contributed by atoms with E-state index in [9.17, 15) is 9.59 Å². The number of carbonyl (C=O) groups is 1. The van der Waals surface area contributed by atoms with Gasteiger partial charge in [0, 0.05) is 7.05 Å². The van der Waals surface area contributed by atoms with Crippen molar-refractivity contribution in [2.75, 3.05) is 0 Å². The Balaban J connectivity index is 0.00000128. The number of aromatic nitrogens is 1. The number of benzene rings is 1. The number of fused-ring (bicyclic) bond motifs is 1. The maximum Gasteiger partial charge on any atom is 1.00 e. The van der Waals surface area contributed by atoms with Gasteiger partial charge in [0.25, 0.3) is 5.56 Å². The van der Waals surface area contributed by atoms with E-state index in [1.165, 1.54) is 10.6 Å². The summed E-state index contributed by atoms with van der Waals surface area (Å²) in [4.78, 5) is 22.6. The van der Waals surface area contributed by atoms with Gasteiger partial charge in [-0.15, -0.1) is 0 Å². The van der Waals surface area contributed by atoms with Gasteiger partial charge in [0.1, 0.15) is 0 Å². The van der Waals surface area contributed by atoms with E-state index < -0.39 is 11.5 Å². The number of hydrogen-bond acceptors (Lipinski definition) is 2. The maximum absolute atomic E-state index is 11.6. The van der Waals surface area contributed by atoms with Gasteiger partial charge in [0.15, 0.2) is 0 Å². The zero-order chi connectivity index (χ0) is 11.0. The largest absolute Gasteiger partial charge is 1.00 e. The predicted molar refractivity (Wildman–Crippen MR) is 57.8 cm³/mol. The van der Waals surface area contributed by atoms with Gasteiger partial charge in [-0.25, -0.2) is 0 Å². The fraction of sp³-hybridized carbons (Fsp3) is 0.0909. The van der Waals surface area contributed by atoms with Crippen LogP contribution in [0.1, 0.15) is 10.4 Å². The van der Waals surface area contributed by atoms with Crippen LogP contribution in [-0.2, 0) is 7.05 Å². The van der Waals surface area contributed by atoms with Crippen molar-refractivity contribution in [3.63, 3.8) is 0 Å².